The lowest BCUT2D eigenvalue weighted by Crippen LogP contribution is -2.35. The maximum atomic E-state index is 12.0. The molecular formula is C16H21NO4. The largest absolute Gasteiger partial charge is 0.497 e. The predicted octanol–water partition coefficient (Wildman–Crippen LogP) is 2.57. The van der Waals surface area contributed by atoms with E-state index in [1.54, 1.807) is 45.2 Å². The number of ether oxygens (including phenoxy) is 2. The Bertz CT molecular complexity index is 508. The highest BCUT2D eigenvalue weighted by Gasteiger charge is 2.26. The van der Waals surface area contributed by atoms with E-state index in [4.69, 9.17) is 9.47 Å². The summed E-state index contributed by atoms with van der Waals surface area (Å²) in [6, 6.07) is 6.15. The maximum absolute atomic E-state index is 12.0. The first kappa shape index (κ1) is 16.8. The van der Waals surface area contributed by atoms with Crippen LogP contribution in [0.2, 0.25) is 0 Å². The second-order valence-electron chi connectivity index (χ2n) is 4.36. The minimum Gasteiger partial charge on any atom is -0.497 e. The number of methoxy groups -OCH3 is 1. The molecule has 0 amide bonds. The third kappa shape index (κ3) is 4.63. The minimum atomic E-state index is -0.884. The summed E-state index contributed by atoms with van der Waals surface area (Å²) in [4.78, 5) is 23.8. The van der Waals surface area contributed by atoms with E-state index in [0.717, 1.165) is 0 Å². The fourth-order valence-electron chi connectivity index (χ4n) is 1.76. The molecular weight excluding hydrogens is 270 g/mol. The topological polar surface area (TPSA) is 64.6 Å². The average molecular weight is 291 g/mol. The Kier molecular flexibility index (Phi) is 6.46. The first-order valence-corrected chi connectivity index (χ1v) is 6.82. The zero-order valence-electron chi connectivity index (χ0n) is 12.6. The number of Topliss-reactive ketones (excluding diaryl/α,β-unsaturated/α-hetero) is 1. The van der Waals surface area contributed by atoms with Gasteiger partial charge >= 0.3 is 5.97 Å². The molecule has 0 fully saturated rings. The van der Waals surface area contributed by atoms with Crippen molar-refractivity contribution in [2.75, 3.05) is 19.0 Å². The second-order valence-corrected chi connectivity index (χ2v) is 4.36. The fourth-order valence-corrected chi connectivity index (χ4v) is 1.76. The molecule has 0 heterocycles. The number of esters is 1. The molecule has 0 aromatic heterocycles. The Hall–Kier alpha value is -2.30. The fraction of sp³-hybridized carbons (Fsp3) is 0.375. The highest BCUT2D eigenvalue weighted by molar-refractivity contribution is 6.02. The van der Waals surface area contributed by atoms with Gasteiger partial charge < -0.3 is 14.8 Å². The van der Waals surface area contributed by atoms with Gasteiger partial charge in [-0.25, -0.2) is 4.79 Å². The molecule has 21 heavy (non-hydrogen) atoms. The zero-order chi connectivity index (χ0) is 15.8. The van der Waals surface area contributed by atoms with Gasteiger partial charge in [-0.15, -0.1) is 0 Å². The van der Waals surface area contributed by atoms with E-state index in [9.17, 15) is 9.59 Å². The van der Waals surface area contributed by atoms with E-state index in [1.165, 1.54) is 0 Å². The maximum Gasteiger partial charge on any atom is 0.333 e. The molecule has 1 N–H and O–H groups in total. The Morgan fingerprint density at radius 2 is 1.86 bits per heavy atom. The number of anilines is 1. The molecule has 0 saturated heterocycles. The molecule has 0 radical (unpaired) electrons. The molecule has 1 atom stereocenters. The molecule has 1 unspecified atom stereocenters. The normalized spacial score (nSPS) is 11.4. The molecule has 1 aromatic rings. The molecule has 5 heteroatoms. The van der Waals surface area contributed by atoms with Crippen molar-refractivity contribution in [3.8, 4) is 5.75 Å². The van der Waals surface area contributed by atoms with E-state index < -0.39 is 12.0 Å². The van der Waals surface area contributed by atoms with E-state index >= 15 is 0 Å². The van der Waals surface area contributed by atoms with Crippen molar-refractivity contribution in [2.45, 2.75) is 26.3 Å². The van der Waals surface area contributed by atoms with Crippen molar-refractivity contribution in [3.63, 3.8) is 0 Å². The van der Waals surface area contributed by atoms with Gasteiger partial charge in [0.15, 0.2) is 11.8 Å². The van der Waals surface area contributed by atoms with Crippen LogP contribution >= 0.6 is 0 Å². The highest BCUT2D eigenvalue weighted by atomic mass is 16.5. The van der Waals surface area contributed by atoms with Gasteiger partial charge in [-0.3, -0.25) is 4.79 Å². The number of carbonyl (C=O) groups is 2. The second kappa shape index (κ2) is 8.09. The van der Waals surface area contributed by atoms with Gasteiger partial charge in [0.1, 0.15) is 5.75 Å². The van der Waals surface area contributed by atoms with Crippen LogP contribution in [0.1, 0.15) is 20.3 Å². The van der Waals surface area contributed by atoms with Crippen molar-refractivity contribution in [2.24, 2.45) is 0 Å². The Balaban J connectivity index is 2.92. The molecule has 0 aliphatic carbocycles. The summed E-state index contributed by atoms with van der Waals surface area (Å²) in [5.41, 5.74) is 0.880. The van der Waals surface area contributed by atoms with Gasteiger partial charge in [0.2, 0.25) is 0 Å². The summed E-state index contributed by atoms with van der Waals surface area (Å²) >= 11 is 0. The molecule has 114 valence electrons. The van der Waals surface area contributed by atoms with E-state index in [2.05, 4.69) is 11.9 Å². The summed E-state index contributed by atoms with van der Waals surface area (Å²) in [7, 11) is 1.58. The van der Waals surface area contributed by atoms with Crippen molar-refractivity contribution in [1.29, 1.82) is 0 Å². The molecule has 1 aromatic carbocycles. The van der Waals surface area contributed by atoms with Gasteiger partial charge in [0.05, 0.1) is 13.7 Å². The van der Waals surface area contributed by atoms with Crippen LogP contribution in [-0.2, 0) is 14.3 Å². The number of hydrogen-bond acceptors (Lipinski definition) is 5. The van der Waals surface area contributed by atoms with Crippen LogP contribution < -0.4 is 10.1 Å². The molecule has 0 saturated carbocycles. The van der Waals surface area contributed by atoms with Crippen LogP contribution in [0.3, 0.4) is 0 Å². The SMILES string of the molecule is C=C(C(=O)CC)C(Nc1ccc(OC)cc1)C(=O)OCC. The summed E-state index contributed by atoms with van der Waals surface area (Å²) < 4.78 is 10.1. The lowest BCUT2D eigenvalue weighted by atomic mass is 10.0. The summed E-state index contributed by atoms with van der Waals surface area (Å²) in [6.07, 6.45) is 0.291. The molecule has 0 aliphatic heterocycles. The third-order valence-electron chi connectivity index (χ3n) is 2.95. The Morgan fingerprint density at radius 3 is 2.33 bits per heavy atom. The summed E-state index contributed by atoms with van der Waals surface area (Å²) in [6.45, 7) is 7.41. The van der Waals surface area contributed by atoms with Gasteiger partial charge in [0.25, 0.3) is 0 Å². The van der Waals surface area contributed by atoms with Gasteiger partial charge in [-0.05, 0) is 31.2 Å². The minimum absolute atomic E-state index is 0.172. The van der Waals surface area contributed by atoms with Crippen molar-refractivity contribution in [1.82, 2.24) is 0 Å². The van der Waals surface area contributed by atoms with Gasteiger partial charge in [-0.1, -0.05) is 13.5 Å². The Morgan fingerprint density at radius 1 is 1.24 bits per heavy atom. The molecule has 0 spiro atoms. The number of rotatable bonds is 8. The molecule has 1 rings (SSSR count). The summed E-state index contributed by atoms with van der Waals surface area (Å²) in [5, 5.41) is 2.98. The summed E-state index contributed by atoms with van der Waals surface area (Å²) in [5.74, 6) is 0.0193. The van der Waals surface area contributed by atoms with Gasteiger partial charge in [0, 0.05) is 17.7 Å². The zero-order valence-corrected chi connectivity index (χ0v) is 12.6. The first-order chi connectivity index (χ1) is 10.0. The smallest absolute Gasteiger partial charge is 0.333 e. The average Bonchev–Trinajstić information content (AvgIpc) is 2.51. The van der Waals surface area contributed by atoms with Crippen molar-refractivity contribution >= 4 is 17.4 Å². The van der Waals surface area contributed by atoms with Crippen LogP contribution in [0.15, 0.2) is 36.4 Å². The van der Waals surface area contributed by atoms with Crippen LogP contribution in [0.4, 0.5) is 5.69 Å². The Labute approximate surface area is 124 Å². The predicted molar refractivity (Wildman–Crippen MR) is 81.5 cm³/mol. The lowest BCUT2D eigenvalue weighted by molar-refractivity contribution is -0.143. The monoisotopic (exact) mass is 291 g/mol. The molecule has 5 nitrogen and oxygen atoms in total. The molecule has 0 bridgehead atoms. The number of benzene rings is 1. The van der Waals surface area contributed by atoms with Gasteiger partial charge in [-0.2, -0.15) is 0 Å². The third-order valence-corrected chi connectivity index (χ3v) is 2.95. The van der Waals surface area contributed by atoms with Crippen molar-refractivity contribution in [3.05, 3.63) is 36.4 Å². The highest BCUT2D eigenvalue weighted by Crippen LogP contribution is 2.18. The van der Waals surface area contributed by atoms with Crippen LogP contribution in [0, 0.1) is 0 Å². The van der Waals surface area contributed by atoms with Crippen molar-refractivity contribution < 1.29 is 19.1 Å². The van der Waals surface area contributed by atoms with Crippen LogP contribution in [0.25, 0.3) is 0 Å². The lowest BCUT2D eigenvalue weighted by Gasteiger charge is -2.19. The first-order valence-electron chi connectivity index (χ1n) is 6.82. The van der Waals surface area contributed by atoms with Crippen LogP contribution in [0.5, 0.6) is 5.75 Å². The van der Waals surface area contributed by atoms with E-state index in [-0.39, 0.29) is 18.0 Å². The number of nitrogens with one attached hydrogen (secondary N) is 1. The molecule has 0 aliphatic rings. The quantitative estimate of drug-likeness (QED) is 0.589. The van der Waals surface area contributed by atoms with E-state index in [0.29, 0.717) is 17.9 Å². The number of carbonyl (C=O) groups excluding carboxylic acids is 2. The standard InChI is InChI=1S/C16H21NO4/c1-5-14(18)11(3)15(16(19)21-6-2)17-12-7-9-13(20-4)10-8-12/h7-10,15,17H,3,5-6H2,1-2,4H3. The number of hydrogen-bond donors (Lipinski definition) is 1. The van der Waals surface area contributed by atoms with Crippen LogP contribution in [-0.4, -0.2) is 31.5 Å². The number of ketones is 1. The van der Waals surface area contributed by atoms with E-state index in [1.807, 2.05) is 0 Å².